The number of halogens is 1. The van der Waals surface area contributed by atoms with Crippen LogP contribution in [0.5, 0.6) is 5.75 Å². The molecule has 1 atom stereocenters. The molecular weight excluding hydrogens is 610 g/mol. The first kappa shape index (κ1) is 33.6. The standard InChI is InChI=1S/C35H38ClN3O5S/c1-3-22-37-35(41)33(24-27-12-7-5-8-13-27)38(25-28-14-11-15-29(36)23-28)34(40)26-39(30-16-9-6-10-17-30)45(42,43)32-20-18-31(19-21-32)44-4-2/h5-21,23,33H,3-4,22,24-26H2,1-2H3,(H,37,41)/t33-/m1/s1. The summed E-state index contributed by atoms with van der Waals surface area (Å²) in [5, 5.41) is 3.42. The molecule has 0 fully saturated rings. The zero-order valence-electron chi connectivity index (χ0n) is 25.4. The van der Waals surface area contributed by atoms with Crippen molar-refractivity contribution < 1.29 is 22.7 Å². The van der Waals surface area contributed by atoms with Gasteiger partial charge in [0, 0.05) is 24.5 Å². The summed E-state index contributed by atoms with van der Waals surface area (Å²) >= 11 is 6.29. The SMILES string of the molecule is CCCNC(=O)[C@@H](Cc1ccccc1)N(Cc1cccc(Cl)c1)C(=O)CN(c1ccccc1)S(=O)(=O)c1ccc(OCC)cc1. The molecule has 4 rings (SSSR count). The van der Waals surface area contributed by atoms with E-state index < -0.39 is 28.5 Å². The topological polar surface area (TPSA) is 96.0 Å². The fraction of sp³-hybridized carbons (Fsp3) is 0.257. The van der Waals surface area contributed by atoms with Gasteiger partial charge in [-0.05, 0) is 73.0 Å². The summed E-state index contributed by atoms with van der Waals surface area (Å²) in [5.41, 5.74) is 1.88. The quantitative estimate of drug-likeness (QED) is 0.168. The van der Waals surface area contributed by atoms with Gasteiger partial charge in [0.1, 0.15) is 18.3 Å². The molecule has 8 nitrogen and oxygen atoms in total. The second kappa shape index (κ2) is 16.1. The zero-order chi connectivity index (χ0) is 32.2. The van der Waals surface area contributed by atoms with E-state index in [9.17, 15) is 18.0 Å². The molecule has 236 valence electrons. The highest BCUT2D eigenvalue weighted by Gasteiger charge is 2.34. The minimum absolute atomic E-state index is 0.00511. The molecule has 45 heavy (non-hydrogen) atoms. The molecule has 0 unspecified atom stereocenters. The second-order valence-electron chi connectivity index (χ2n) is 10.4. The lowest BCUT2D eigenvalue weighted by molar-refractivity contribution is -0.140. The van der Waals surface area contributed by atoms with Crippen LogP contribution in [-0.4, -0.2) is 50.9 Å². The molecule has 4 aromatic rings. The van der Waals surface area contributed by atoms with Crippen LogP contribution in [0.2, 0.25) is 5.02 Å². The number of benzene rings is 4. The van der Waals surface area contributed by atoms with Crippen LogP contribution in [0.25, 0.3) is 0 Å². The van der Waals surface area contributed by atoms with Gasteiger partial charge < -0.3 is 15.0 Å². The Morgan fingerprint density at radius 2 is 1.49 bits per heavy atom. The van der Waals surface area contributed by atoms with Crippen molar-refractivity contribution in [2.24, 2.45) is 0 Å². The maximum absolute atomic E-state index is 14.4. The molecule has 0 aromatic heterocycles. The van der Waals surface area contributed by atoms with Gasteiger partial charge in [0.05, 0.1) is 17.2 Å². The van der Waals surface area contributed by atoms with E-state index >= 15 is 0 Å². The van der Waals surface area contributed by atoms with E-state index in [1.165, 1.54) is 17.0 Å². The Kier molecular flexibility index (Phi) is 12.0. The van der Waals surface area contributed by atoms with Crippen LogP contribution in [0.1, 0.15) is 31.4 Å². The molecule has 2 amide bonds. The Labute approximate surface area is 270 Å². The van der Waals surface area contributed by atoms with Crippen LogP contribution in [0, 0.1) is 0 Å². The van der Waals surface area contributed by atoms with E-state index in [-0.39, 0.29) is 23.8 Å². The third-order valence-electron chi connectivity index (χ3n) is 7.11. The lowest BCUT2D eigenvalue weighted by atomic mass is 10.0. The lowest BCUT2D eigenvalue weighted by Crippen LogP contribution is -2.53. The van der Waals surface area contributed by atoms with E-state index in [1.54, 1.807) is 60.7 Å². The van der Waals surface area contributed by atoms with Crippen LogP contribution < -0.4 is 14.4 Å². The molecule has 0 radical (unpaired) electrons. The highest BCUT2D eigenvalue weighted by Crippen LogP contribution is 2.26. The fourth-order valence-corrected chi connectivity index (χ4v) is 6.50. The van der Waals surface area contributed by atoms with Crippen molar-refractivity contribution in [3.05, 3.63) is 125 Å². The predicted octanol–water partition coefficient (Wildman–Crippen LogP) is 6.10. The molecule has 10 heteroatoms. The van der Waals surface area contributed by atoms with Gasteiger partial charge in [0.15, 0.2) is 0 Å². The van der Waals surface area contributed by atoms with Crippen molar-refractivity contribution in [3.8, 4) is 5.75 Å². The van der Waals surface area contributed by atoms with Crippen molar-refractivity contribution >= 4 is 39.1 Å². The van der Waals surface area contributed by atoms with Gasteiger partial charge in [-0.15, -0.1) is 0 Å². The Balaban J connectivity index is 1.77. The minimum atomic E-state index is -4.20. The number of amides is 2. The van der Waals surface area contributed by atoms with Gasteiger partial charge in [0.25, 0.3) is 10.0 Å². The molecule has 0 spiro atoms. The highest BCUT2D eigenvalue weighted by molar-refractivity contribution is 7.92. The smallest absolute Gasteiger partial charge is 0.264 e. The van der Waals surface area contributed by atoms with Crippen LogP contribution in [0.3, 0.4) is 0 Å². The molecular formula is C35H38ClN3O5S. The minimum Gasteiger partial charge on any atom is -0.494 e. The normalized spacial score (nSPS) is 11.8. The van der Waals surface area contributed by atoms with Gasteiger partial charge in [-0.3, -0.25) is 13.9 Å². The highest BCUT2D eigenvalue weighted by atomic mass is 35.5. The molecule has 0 saturated heterocycles. The molecule has 0 aliphatic rings. The Morgan fingerprint density at radius 3 is 2.11 bits per heavy atom. The van der Waals surface area contributed by atoms with Gasteiger partial charge in [-0.25, -0.2) is 8.42 Å². The maximum Gasteiger partial charge on any atom is 0.264 e. The molecule has 4 aromatic carbocycles. The summed E-state index contributed by atoms with van der Waals surface area (Å²) in [4.78, 5) is 29.6. The number of nitrogens with zero attached hydrogens (tertiary/aromatic N) is 2. The first-order valence-electron chi connectivity index (χ1n) is 14.9. The summed E-state index contributed by atoms with van der Waals surface area (Å²) < 4.78 is 34.8. The van der Waals surface area contributed by atoms with Crippen molar-refractivity contribution in [2.45, 2.75) is 44.2 Å². The average Bonchev–Trinajstić information content (AvgIpc) is 3.05. The van der Waals surface area contributed by atoms with Crippen molar-refractivity contribution in [1.82, 2.24) is 10.2 Å². The largest absolute Gasteiger partial charge is 0.494 e. The number of carbonyl (C=O) groups is 2. The lowest BCUT2D eigenvalue weighted by Gasteiger charge is -2.34. The van der Waals surface area contributed by atoms with Crippen LogP contribution >= 0.6 is 11.6 Å². The molecule has 0 saturated carbocycles. The van der Waals surface area contributed by atoms with Crippen molar-refractivity contribution in [3.63, 3.8) is 0 Å². The first-order chi connectivity index (χ1) is 21.7. The number of hydrogen-bond donors (Lipinski definition) is 1. The molecule has 0 heterocycles. The van der Waals surface area contributed by atoms with E-state index in [2.05, 4.69) is 5.32 Å². The van der Waals surface area contributed by atoms with E-state index in [1.807, 2.05) is 50.2 Å². The average molecular weight is 648 g/mol. The summed E-state index contributed by atoms with van der Waals surface area (Å²) in [7, 11) is -4.20. The summed E-state index contributed by atoms with van der Waals surface area (Å²) in [6.07, 6.45) is 0.952. The molecule has 0 aliphatic carbocycles. The van der Waals surface area contributed by atoms with Gasteiger partial charge >= 0.3 is 0 Å². The summed E-state index contributed by atoms with van der Waals surface area (Å²) in [6, 6.07) is 30.1. The molecule has 1 N–H and O–H groups in total. The molecule has 0 bridgehead atoms. The number of hydrogen-bond acceptors (Lipinski definition) is 5. The summed E-state index contributed by atoms with van der Waals surface area (Å²) in [5.74, 6) is -0.328. The van der Waals surface area contributed by atoms with Crippen LogP contribution in [0.15, 0.2) is 114 Å². The Hall–Kier alpha value is -4.34. The second-order valence-corrected chi connectivity index (χ2v) is 12.7. The Bertz CT molecular complexity index is 1650. The van der Waals surface area contributed by atoms with Gasteiger partial charge in [-0.2, -0.15) is 0 Å². The fourth-order valence-electron chi connectivity index (χ4n) is 4.88. The maximum atomic E-state index is 14.4. The number of nitrogens with one attached hydrogen (secondary N) is 1. The number of anilines is 1. The Morgan fingerprint density at radius 1 is 0.844 bits per heavy atom. The van der Waals surface area contributed by atoms with Crippen molar-refractivity contribution in [2.75, 3.05) is 24.0 Å². The zero-order valence-corrected chi connectivity index (χ0v) is 27.0. The van der Waals surface area contributed by atoms with E-state index in [0.29, 0.717) is 41.6 Å². The van der Waals surface area contributed by atoms with Crippen molar-refractivity contribution in [1.29, 1.82) is 0 Å². The van der Waals surface area contributed by atoms with E-state index in [4.69, 9.17) is 16.3 Å². The van der Waals surface area contributed by atoms with Gasteiger partial charge in [0.2, 0.25) is 11.8 Å². The third kappa shape index (κ3) is 9.09. The van der Waals surface area contributed by atoms with Crippen LogP contribution in [0.4, 0.5) is 5.69 Å². The first-order valence-corrected chi connectivity index (χ1v) is 16.7. The number of sulfonamides is 1. The van der Waals surface area contributed by atoms with Gasteiger partial charge in [-0.1, -0.05) is 79.2 Å². The number of ether oxygens (including phenoxy) is 1. The number of carbonyl (C=O) groups excluding carboxylic acids is 2. The number of rotatable bonds is 15. The number of para-hydroxylation sites is 1. The van der Waals surface area contributed by atoms with E-state index in [0.717, 1.165) is 9.87 Å². The third-order valence-corrected chi connectivity index (χ3v) is 9.13. The molecule has 0 aliphatic heterocycles. The summed E-state index contributed by atoms with van der Waals surface area (Å²) in [6.45, 7) is 4.18. The predicted molar refractivity (Wildman–Crippen MR) is 178 cm³/mol. The monoisotopic (exact) mass is 647 g/mol. The van der Waals surface area contributed by atoms with Crippen LogP contribution in [-0.2, 0) is 32.6 Å².